The Morgan fingerprint density at radius 2 is 1.00 bits per heavy atom. The van der Waals surface area contributed by atoms with Crippen molar-refractivity contribution in [3.05, 3.63) is 24.3 Å². The van der Waals surface area contributed by atoms with Crippen LogP contribution in [-0.4, -0.2) is 0 Å². The van der Waals surface area contributed by atoms with Crippen molar-refractivity contribution in [3.8, 4) is 0 Å². The number of allylic oxidation sites excluding steroid dienone is 4. The van der Waals surface area contributed by atoms with Gasteiger partial charge in [0, 0.05) is 5.41 Å². The Morgan fingerprint density at radius 1 is 0.692 bits per heavy atom. The Labute approximate surface area is 82.7 Å². The van der Waals surface area contributed by atoms with Crippen LogP contribution in [0.15, 0.2) is 24.3 Å². The van der Waals surface area contributed by atoms with E-state index in [1.807, 2.05) is 0 Å². The molecule has 74 valence electrons. The van der Waals surface area contributed by atoms with Gasteiger partial charge in [0.1, 0.15) is 0 Å². The van der Waals surface area contributed by atoms with Gasteiger partial charge in [-0.25, -0.2) is 0 Å². The zero-order valence-electron chi connectivity index (χ0n) is 9.81. The van der Waals surface area contributed by atoms with Crippen molar-refractivity contribution in [2.45, 2.75) is 41.5 Å². The third kappa shape index (κ3) is 1.47. The highest BCUT2D eigenvalue weighted by atomic mass is 14.5. The van der Waals surface area contributed by atoms with E-state index < -0.39 is 0 Å². The molecule has 1 aliphatic rings. The summed E-state index contributed by atoms with van der Waals surface area (Å²) in [7, 11) is 0. The largest absolute Gasteiger partial charge is 0.0735 e. The minimum atomic E-state index is 0.208. The highest BCUT2D eigenvalue weighted by molar-refractivity contribution is 5.30. The molecule has 0 atom stereocenters. The van der Waals surface area contributed by atoms with E-state index in [2.05, 4.69) is 65.8 Å². The summed E-state index contributed by atoms with van der Waals surface area (Å²) in [4.78, 5) is 0. The first-order valence-corrected chi connectivity index (χ1v) is 5.08. The molecule has 0 saturated carbocycles. The standard InChI is InChI=1S/C13H22/c1-11(2,3)13(12(4,5)6)9-7-8-10-13/h7-10H,1-6H3. The van der Waals surface area contributed by atoms with Crippen LogP contribution in [0.3, 0.4) is 0 Å². The molecule has 0 heterocycles. The molecule has 0 unspecified atom stereocenters. The quantitative estimate of drug-likeness (QED) is 0.521. The van der Waals surface area contributed by atoms with Gasteiger partial charge in [0.25, 0.3) is 0 Å². The minimum Gasteiger partial charge on any atom is -0.0735 e. The van der Waals surface area contributed by atoms with Crippen LogP contribution in [0.4, 0.5) is 0 Å². The number of hydrogen-bond acceptors (Lipinski definition) is 0. The summed E-state index contributed by atoms with van der Waals surface area (Å²) in [5.41, 5.74) is 0.781. The van der Waals surface area contributed by atoms with E-state index in [1.165, 1.54) is 0 Å². The Kier molecular flexibility index (Phi) is 2.22. The van der Waals surface area contributed by atoms with Gasteiger partial charge in [0.05, 0.1) is 0 Å². The highest BCUT2D eigenvalue weighted by Gasteiger charge is 2.47. The maximum Gasteiger partial charge on any atom is 0.0164 e. The molecule has 0 fully saturated rings. The molecule has 0 heteroatoms. The second kappa shape index (κ2) is 2.73. The average Bonchev–Trinajstić information content (AvgIpc) is 2.28. The van der Waals surface area contributed by atoms with E-state index in [1.54, 1.807) is 0 Å². The SMILES string of the molecule is CC(C)(C)C1(C(C)(C)C)C=CC=C1. The maximum absolute atomic E-state index is 2.35. The number of hydrogen-bond donors (Lipinski definition) is 0. The first-order chi connectivity index (χ1) is 5.71. The normalized spacial score (nSPS) is 21.1. The predicted molar refractivity (Wildman–Crippen MR) is 59.6 cm³/mol. The van der Waals surface area contributed by atoms with Gasteiger partial charge in [0.15, 0.2) is 0 Å². The Morgan fingerprint density at radius 3 is 1.15 bits per heavy atom. The molecule has 0 bridgehead atoms. The van der Waals surface area contributed by atoms with Crippen LogP contribution in [-0.2, 0) is 0 Å². The molecule has 0 aliphatic heterocycles. The molecule has 0 radical (unpaired) electrons. The molecule has 0 N–H and O–H groups in total. The summed E-state index contributed by atoms with van der Waals surface area (Å²) in [5.74, 6) is 0. The minimum absolute atomic E-state index is 0.208. The summed E-state index contributed by atoms with van der Waals surface area (Å²) in [6.45, 7) is 13.9. The lowest BCUT2D eigenvalue weighted by molar-refractivity contribution is 0.0696. The lowest BCUT2D eigenvalue weighted by Crippen LogP contribution is -2.42. The van der Waals surface area contributed by atoms with Crippen LogP contribution in [0, 0.1) is 16.2 Å². The zero-order chi connectivity index (χ0) is 10.3. The summed E-state index contributed by atoms with van der Waals surface area (Å²) in [6, 6.07) is 0. The van der Waals surface area contributed by atoms with Crippen molar-refractivity contribution >= 4 is 0 Å². The predicted octanol–water partition coefficient (Wildman–Crippen LogP) is 4.19. The molecule has 0 spiro atoms. The third-order valence-electron chi connectivity index (χ3n) is 3.31. The average molecular weight is 178 g/mol. The van der Waals surface area contributed by atoms with Gasteiger partial charge in [0.2, 0.25) is 0 Å². The van der Waals surface area contributed by atoms with E-state index in [4.69, 9.17) is 0 Å². The van der Waals surface area contributed by atoms with Crippen LogP contribution in [0.1, 0.15) is 41.5 Å². The number of rotatable bonds is 0. The second-order valence-corrected chi connectivity index (χ2v) is 6.09. The van der Waals surface area contributed by atoms with E-state index in [9.17, 15) is 0 Å². The van der Waals surface area contributed by atoms with Crippen LogP contribution in [0.2, 0.25) is 0 Å². The Balaban J connectivity index is 3.19. The van der Waals surface area contributed by atoms with Crippen molar-refractivity contribution in [2.24, 2.45) is 16.2 Å². The first-order valence-electron chi connectivity index (χ1n) is 5.08. The van der Waals surface area contributed by atoms with Gasteiger partial charge in [-0.1, -0.05) is 65.8 Å². The van der Waals surface area contributed by atoms with E-state index >= 15 is 0 Å². The van der Waals surface area contributed by atoms with Crippen LogP contribution in [0.25, 0.3) is 0 Å². The van der Waals surface area contributed by atoms with E-state index in [0.717, 1.165) is 0 Å². The van der Waals surface area contributed by atoms with Crippen LogP contribution >= 0.6 is 0 Å². The first kappa shape index (κ1) is 10.6. The Bertz CT molecular complexity index is 212. The molecule has 0 amide bonds. The molecular formula is C13H22. The van der Waals surface area contributed by atoms with E-state index in [0.29, 0.717) is 0 Å². The van der Waals surface area contributed by atoms with Gasteiger partial charge in [-0.2, -0.15) is 0 Å². The molecule has 1 rings (SSSR count). The molecule has 1 aliphatic carbocycles. The third-order valence-corrected chi connectivity index (χ3v) is 3.31. The fourth-order valence-electron chi connectivity index (χ4n) is 2.60. The van der Waals surface area contributed by atoms with Gasteiger partial charge >= 0.3 is 0 Å². The highest BCUT2D eigenvalue weighted by Crippen LogP contribution is 2.55. The van der Waals surface area contributed by atoms with Crippen molar-refractivity contribution in [1.29, 1.82) is 0 Å². The van der Waals surface area contributed by atoms with Crippen molar-refractivity contribution in [1.82, 2.24) is 0 Å². The summed E-state index contributed by atoms with van der Waals surface area (Å²) in [6.07, 6.45) is 9.06. The van der Waals surface area contributed by atoms with Crippen molar-refractivity contribution in [2.75, 3.05) is 0 Å². The lowest BCUT2D eigenvalue weighted by Gasteiger charge is -2.49. The Hall–Kier alpha value is -0.520. The van der Waals surface area contributed by atoms with Crippen molar-refractivity contribution < 1.29 is 0 Å². The van der Waals surface area contributed by atoms with Crippen LogP contribution < -0.4 is 0 Å². The van der Waals surface area contributed by atoms with Gasteiger partial charge in [-0.05, 0) is 10.8 Å². The topological polar surface area (TPSA) is 0 Å². The van der Waals surface area contributed by atoms with Crippen molar-refractivity contribution in [3.63, 3.8) is 0 Å². The van der Waals surface area contributed by atoms with Gasteiger partial charge in [-0.3, -0.25) is 0 Å². The molecule has 0 aromatic heterocycles. The maximum atomic E-state index is 2.35. The summed E-state index contributed by atoms with van der Waals surface area (Å²) >= 11 is 0. The molecule has 13 heavy (non-hydrogen) atoms. The molecule has 0 saturated heterocycles. The fraction of sp³-hybridized carbons (Fsp3) is 0.692. The summed E-state index contributed by atoms with van der Waals surface area (Å²) in [5, 5.41) is 0. The molecule has 0 nitrogen and oxygen atoms in total. The van der Waals surface area contributed by atoms with Crippen LogP contribution in [0.5, 0.6) is 0 Å². The monoisotopic (exact) mass is 178 g/mol. The summed E-state index contributed by atoms with van der Waals surface area (Å²) < 4.78 is 0. The molecular weight excluding hydrogens is 156 g/mol. The zero-order valence-corrected chi connectivity index (χ0v) is 9.81. The molecule has 0 aromatic rings. The van der Waals surface area contributed by atoms with E-state index in [-0.39, 0.29) is 16.2 Å². The van der Waals surface area contributed by atoms with Gasteiger partial charge in [-0.15, -0.1) is 0 Å². The van der Waals surface area contributed by atoms with Gasteiger partial charge < -0.3 is 0 Å². The molecule has 0 aromatic carbocycles. The fourth-order valence-corrected chi connectivity index (χ4v) is 2.60. The second-order valence-electron chi connectivity index (χ2n) is 6.09. The smallest absolute Gasteiger partial charge is 0.0164 e. The lowest BCUT2D eigenvalue weighted by atomic mass is 9.55.